The Kier molecular flexibility index (Phi) is 6.35. The lowest BCUT2D eigenvalue weighted by Gasteiger charge is -2.32. The van der Waals surface area contributed by atoms with Crippen LogP contribution in [0.5, 0.6) is 0 Å². The zero-order chi connectivity index (χ0) is 21.1. The Bertz CT molecular complexity index is 1140. The van der Waals surface area contributed by atoms with Crippen molar-refractivity contribution >= 4 is 43.9 Å². The molecule has 10 heteroatoms. The first-order valence-corrected chi connectivity index (χ1v) is 12.2. The highest BCUT2D eigenvalue weighted by Gasteiger charge is 2.31. The molecule has 3 heterocycles. The van der Waals surface area contributed by atoms with Gasteiger partial charge in [0.05, 0.1) is 18.1 Å². The summed E-state index contributed by atoms with van der Waals surface area (Å²) in [7, 11) is -3.51. The fraction of sp³-hybridized carbons (Fsp3) is 0.300. The Hall–Kier alpha value is -2.04. The molecule has 1 atom stereocenters. The molecule has 7 nitrogen and oxygen atoms in total. The van der Waals surface area contributed by atoms with Crippen LogP contribution in [-0.4, -0.2) is 42.4 Å². The van der Waals surface area contributed by atoms with Crippen LogP contribution < -0.4 is 5.32 Å². The number of hydrogen-bond donors (Lipinski definition) is 1. The van der Waals surface area contributed by atoms with E-state index >= 15 is 0 Å². The molecule has 1 aromatic carbocycles. The number of aryl methyl sites for hydroxylation is 1. The quantitative estimate of drug-likeness (QED) is 0.590. The van der Waals surface area contributed by atoms with Crippen LogP contribution in [-0.2, 0) is 20.5 Å². The number of thiazole rings is 1. The van der Waals surface area contributed by atoms with Gasteiger partial charge in [0.1, 0.15) is 11.9 Å². The van der Waals surface area contributed by atoms with Gasteiger partial charge in [-0.2, -0.15) is 4.31 Å². The van der Waals surface area contributed by atoms with Gasteiger partial charge in [-0.05, 0) is 36.8 Å². The largest absolute Gasteiger partial charge is 0.369 e. The highest BCUT2D eigenvalue weighted by molar-refractivity contribution is 7.88. The van der Waals surface area contributed by atoms with Crippen LogP contribution in [0.1, 0.15) is 22.2 Å². The molecule has 1 aliphatic rings. The first-order valence-electron chi connectivity index (χ1n) is 9.39. The molecule has 0 saturated carbocycles. The SMILES string of the molecule is Cc1cnc(Nc2cccc(C3CN(S(=O)(=O)Cc4cccc(Cl)c4)CCO3)n2)s1. The maximum atomic E-state index is 12.9. The number of sulfonamides is 1. The predicted octanol–water partition coefficient (Wildman–Crippen LogP) is 4.15. The van der Waals surface area contributed by atoms with Gasteiger partial charge in [-0.15, -0.1) is 11.3 Å². The molecule has 2 aromatic heterocycles. The molecule has 0 amide bonds. The molecule has 1 fully saturated rings. The van der Waals surface area contributed by atoms with E-state index in [1.165, 1.54) is 15.6 Å². The molecule has 1 N–H and O–H groups in total. The predicted molar refractivity (Wildman–Crippen MR) is 119 cm³/mol. The van der Waals surface area contributed by atoms with Crippen LogP contribution in [0.4, 0.5) is 10.9 Å². The smallest absolute Gasteiger partial charge is 0.218 e. The summed E-state index contributed by atoms with van der Waals surface area (Å²) in [5.41, 5.74) is 1.34. The van der Waals surface area contributed by atoms with E-state index in [4.69, 9.17) is 16.3 Å². The van der Waals surface area contributed by atoms with Crippen molar-refractivity contribution in [2.75, 3.05) is 25.0 Å². The van der Waals surface area contributed by atoms with Crippen LogP contribution in [0.3, 0.4) is 0 Å². The number of benzene rings is 1. The molecule has 30 heavy (non-hydrogen) atoms. The second-order valence-electron chi connectivity index (χ2n) is 6.95. The molecule has 1 saturated heterocycles. The van der Waals surface area contributed by atoms with Crippen molar-refractivity contribution < 1.29 is 13.2 Å². The lowest BCUT2D eigenvalue weighted by Crippen LogP contribution is -2.42. The van der Waals surface area contributed by atoms with E-state index < -0.39 is 16.1 Å². The van der Waals surface area contributed by atoms with Gasteiger partial charge < -0.3 is 10.1 Å². The third-order valence-corrected chi connectivity index (χ3v) is 7.50. The number of pyridine rings is 1. The zero-order valence-electron chi connectivity index (χ0n) is 16.3. The molecule has 4 rings (SSSR count). The van der Waals surface area contributed by atoms with Crippen molar-refractivity contribution in [3.05, 3.63) is 69.8 Å². The number of halogens is 1. The molecule has 3 aromatic rings. The van der Waals surface area contributed by atoms with Crippen LogP contribution in [0, 0.1) is 6.92 Å². The number of rotatable bonds is 6. The zero-order valence-corrected chi connectivity index (χ0v) is 18.7. The number of nitrogens with one attached hydrogen (secondary N) is 1. The van der Waals surface area contributed by atoms with Crippen molar-refractivity contribution in [3.8, 4) is 0 Å². The average molecular weight is 465 g/mol. The van der Waals surface area contributed by atoms with Gasteiger partial charge in [-0.1, -0.05) is 29.8 Å². The fourth-order valence-corrected chi connectivity index (χ4v) is 5.59. The molecule has 0 aliphatic carbocycles. The van der Waals surface area contributed by atoms with E-state index in [1.54, 1.807) is 30.5 Å². The third-order valence-electron chi connectivity index (χ3n) is 4.62. The fourth-order valence-electron chi connectivity index (χ4n) is 3.21. The van der Waals surface area contributed by atoms with E-state index in [1.807, 2.05) is 25.1 Å². The molecule has 0 bridgehead atoms. The Morgan fingerprint density at radius 3 is 2.90 bits per heavy atom. The first-order chi connectivity index (χ1) is 14.4. The van der Waals surface area contributed by atoms with E-state index in [-0.39, 0.29) is 12.3 Å². The minimum Gasteiger partial charge on any atom is -0.369 e. The van der Waals surface area contributed by atoms with Gasteiger partial charge in [0, 0.05) is 29.2 Å². The van der Waals surface area contributed by atoms with Crippen LogP contribution >= 0.6 is 22.9 Å². The molecule has 1 unspecified atom stereocenters. The van der Waals surface area contributed by atoms with E-state index in [0.29, 0.717) is 35.2 Å². The third kappa shape index (κ3) is 5.16. The highest BCUT2D eigenvalue weighted by Crippen LogP contribution is 2.27. The molecular weight excluding hydrogens is 444 g/mol. The van der Waals surface area contributed by atoms with Crippen molar-refractivity contribution in [2.24, 2.45) is 0 Å². The highest BCUT2D eigenvalue weighted by atomic mass is 35.5. The number of hydrogen-bond acceptors (Lipinski definition) is 7. The number of anilines is 2. The molecule has 158 valence electrons. The summed E-state index contributed by atoms with van der Waals surface area (Å²) in [5, 5.41) is 4.46. The van der Waals surface area contributed by atoms with Crippen LogP contribution in [0.2, 0.25) is 5.02 Å². The topological polar surface area (TPSA) is 84.4 Å². The first kappa shape index (κ1) is 21.2. The number of aromatic nitrogens is 2. The lowest BCUT2D eigenvalue weighted by molar-refractivity contribution is -0.00490. The second kappa shape index (κ2) is 8.99. The minimum absolute atomic E-state index is 0.0985. The average Bonchev–Trinajstić information content (AvgIpc) is 3.12. The number of ether oxygens (including phenoxy) is 1. The van der Waals surface area contributed by atoms with Crippen molar-refractivity contribution in [1.82, 2.24) is 14.3 Å². The summed E-state index contributed by atoms with van der Waals surface area (Å²) in [4.78, 5) is 9.99. The van der Waals surface area contributed by atoms with Crippen molar-refractivity contribution in [1.29, 1.82) is 0 Å². The van der Waals surface area contributed by atoms with E-state index in [0.717, 1.165) is 10.0 Å². The lowest BCUT2D eigenvalue weighted by atomic mass is 10.2. The Labute approximate surface area is 184 Å². The second-order valence-corrected chi connectivity index (χ2v) is 10.6. The number of morpholine rings is 1. The molecule has 0 spiro atoms. The summed E-state index contributed by atoms with van der Waals surface area (Å²) >= 11 is 7.53. The van der Waals surface area contributed by atoms with Gasteiger partial charge in [0.25, 0.3) is 0 Å². The van der Waals surface area contributed by atoms with Gasteiger partial charge >= 0.3 is 0 Å². The molecule has 1 aliphatic heterocycles. The van der Waals surface area contributed by atoms with Crippen molar-refractivity contribution in [3.63, 3.8) is 0 Å². The molecular formula is C20H21ClN4O3S2. The van der Waals surface area contributed by atoms with Crippen molar-refractivity contribution in [2.45, 2.75) is 18.8 Å². The normalized spacial score (nSPS) is 17.7. The van der Waals surface area contributed by atoms with E-state index in [9.17, 15) is 8.42 Å². The Balaban J connectivity index is 1.47. The van der Waals surface area contributed by atoms with Crippen LogP contribution in [0.25, 0.3) is 0 Å². The Morgan fingerprint density at radius 1 is 1.30 bits per heavy atom. The summed E-state index contributed by atoms with van der Waals surface area (Å²) in [6.07, 6.45) is 1.36. The van der Waals surface area contributed by atoms with E-state index in [2.05, 4.69) is 15.3 Å². The molecule has 0 radical (unpaired) electrons. The van der Waals surface area contributed by atoms with Gasteiger partial charge in [0.15, 0.2) is 5.13 Å². The summed E-state index contributed by atoms with van der Waals surface area (Å²) in [6, 6.07) is 12.5. The monoisotopic (exact) mass is 464 g/mol. The van der Waals surface area contributed by atoms with Crippen LogP contribution in [0.15, 0.2) is 48.7 Å². The number of nitrogens with zero attached hydrogens (tertiary/aromatic N) is 3. The van der Waals surface area contributed by atoms with Gasteiger partial charge in [0.2, 0.25) is 10.0 Å². The maximum absolute atomic E-state index is 12.9. The summed E-state index contributed by atoms with van der Waals surface area (Å²) < 4.78 is 33.2. The van der Waals surface area contributed by atoms with Gasteiger partial charge in [-0.3, -0.25) is 0 Å². The summed E-state index contributed by atoms with van der Waals surface area (Å²) in [5.74, 6) is 0.544. The summed E-state index contributed by atoms with van der Waals surface area (Å²) in [6.45, 7) is 2.83. The Morgan fingerprint density at radius 2 is 2.13 bits per heavy atom. The maximum Gasteiger partial charge on any atom is 0.218 e. The standard InChI is InChI=1S/C20H21ClN4O3S2/c1-14-11-22-20(29-14)24-19-7-3-6-17(23-19)18-12-25(8-9-28-18)30(26,27)13-15-4-2-5-16(21)10-15/h2-7,10-11,18H,8-9,12-13H2,1H3,(H,22,23,24). The minimum atomic E-state index is -3.51. The van der Waals surface area contributed by atoms with Gasteiger partial charge in [-0.25, -0.2) is 18.4 Å².